The van der Waals surface area contributed by atoms with Crippen molar-refractivity contribution in [3.63, 3.8) is 0 Å². The number of hydrogen-bond acceptors (Lipinski definition) is 2. The second kappa shape index (κ2) is 12.7. The van der Waals surface area contributed by atoms with Crippen molar-refractivity contribution in [2.75, 3.05) is 6.61 Å². The first kappa shape index (κ1) is 23.4. The van der Waals surface area contributed by atoms with Crippen molar-refractivity contribution in [2.45, 2.75) is 85.2 Å². The molecule has 0 saturated carbocycles. The van der Waals surface area contributed by atoms with Gasteiger partial charge in [-0.3, -0.25) is 0 Å². The van der Waals surface area contributed by atoms with E-state index in [1.165, 1.54) is 16.7 Å². The molecule has 3 nitrogen and oxygen atoms in total. The summed E-state index contributed by atoms with van der Waals surface area (Å²) in [6.45, 7) is 13.0. The van der Waals surface area contributed by atoms with Crippen LogP contribution in [0.5, 0.6) is 0 Å². The molecule has 0 radical (unpaired) electrons. The van der Waals surface area contributed by atoms with Crippen LogP contribution in [-0.4, -0.2) is 23.8 Å². The lowest BCUT2D eigenvalue weighted by molar-refractivity contribution is -0.134. The Morgan fingerprint density at radius 2 is 1.59 bits per heavy atom. The fraction of sp³-hybridized carbons (Fsp3) is 0.625. The fourth-order valence-electron chi connectivity index (χ4n) is 3.35. The minimum atomic E-state index is -0.946. The Labute approximate surface area is 165 Å². The maximum absolute atomic E-state index is 10.9. The maximum atomic E-state index is 10.9. The van der Waals surface area contributed by atoms with Crippen LogP contribution in [0, 0.1) is 5.92 Å². The van der Waals surface area contributed by atoms with Crippen molar-refractivity contribution in [2.24, 2.45) is 5.92 Å². The normalized spacial score (nSPS) is 21.0. The Bertz CT molecular complexity index is 568. The summed E-state index contributed by atoms with van der Waals surface area (Å²) in [5.41, 5.74) is 4.52. The van der Waals surface area contributed by atoms with Gasteiger partial charge in [0.05, 0.1) is 18.3 Å². The lowest BCUT2D eigenvalue weighted by atomic mass is 9.91. The predicted octanol–water partition coefficient (Wildman–Crippen LogP) is 6.62. The van der Waals surface area contributed by atoms with Gasteiger partial charge in [-0.1, -0.05) is 41.5 Å². The SMILES string of the molecule is C=C(C(=O)O)[C@H]1CC[C@@H](CC/C=C(\C)CC/C=C(\C)CCC=C(C)C)CO1. The zero-order valence-electron chi connectivity index (χ0n) is 17.7. The summed E-state index contributed by atoms with van der Waals surface area (Å²) in [4.78, 5) is 10.9. The average Bonchev–Trinajstić information content (AvgIpc) is 2.61. The first-order valence-corrected chi connectivity index (χ1v) is 10.3. The fourth-order valence-corrected chi connectivity index (χ4v) is 3.35. The van der Waals surface area contributed by atoms with Crippen molar-refractivity contribution in [1.82, 2.24) is 0 Å². The summed E-state index contributed by atoms with van der Waals surface area (Å²) in [5.74, 6) is -0.414. The third-order valence-electron chi connectivity index (χ3n) is 5.22. The van der Waals surface area contributed by atoms with Crippen molar-refractivity contribution in [3.8, 4) is 0 Å². The van der Waals surface area contributed by atoms with Crippen LogP contribution in [0.25, 0.3) is 0 Å². The van der Waals surface area contributed by atoms with E-state index < -0.39 is 5.97 Å². The van der Waals surface area contributed by atoms with E-state index in [-0.39, 0.29) is 11.7 Å². The number of allylic oxidation sites excluding steroid dienone is 6. The number of carbonyl (C=O) groups is 1. The molecule has 27 heavy (non-hydrogen) atoms. The molecule has 1 rings (SSSR count). The summed E-state index contributed by atoms with van der Waals surface area (Å²) in [5, 5.41) is 8.98. The Kier molecular flexibility index (Phi) is 11.0. The van der Waals surface area contributed by atoms with Crippen molar-refractivity contribution in [3.05, 3.63) is 47.1 Å². The van der Waals surface area contributed by atoms with E-state index in [9.17, 15) is 4.79 Å². The van der Waals surface area contributed by atoms with Crippen LogP contribution < -0.4 is 0 Å². The Morgan fingerprint density at radius 3 is 2.11 bits per heavy atom. The zero-order chi connectivity index (χ0) is 20.2. The molecule has 0 aromatic carbocycles. The van der Waals surface area contributed by atoms with E-state index in [1.807, 2.05) is 0 Å². The van der Waals surface area contributed by atoms with E-state index in [2.05, 4.69) is 52.5 Å². The van der Waals surface area contributed by atoms with E-state index >= 15 is 0 Å². The second-order valence-electron chi connectivity index (χ2n) is 8.13. The van der Waals surface area contributed by atoms with Gasteiger partial charge < -0.3 is 9.84 Å². The monoisotopic (exact) mass is 374 g/mol. The number of carboxylic acids is 1. The summed E-state index contributed by atoms with van der Waals surface area (Å²) < 4.78 is 5.70. The van der Waals surface area contributed by atoms with Crippen LogP contribution >= 0.6 is 0 Å². The molecule has 2 atom stereocenters. The van der Waals surface area contributed by atoms with Crippen molar-refractivity contribution >= 4 is 5.97 Å². The second-order valence-corrected chi connectivity index (χ2v) is 8.13. The number of rotatable bonds is 11. The molecule has 0 spiro atoms. The molecule has 0 unspecified atom stereocenters. The van der Waals surface area contributed by atoms with Gasteiger partial charge in [-0.2, -0.15) is 0 Å². The zero-order valence-corrected chi connectivity index (χ0v) is 17.7. The molecule has 0 aliphatic carbocycles. The average molecular weight is 375 g/mol. The van der Waals surface area contributed by atoms with Gasteiger partial charge in [-0.05, 0) is 85.0 Å². The number of ether oxygens (including phenoxy) is 1. The van der Waals surface area contributed by atoms with E-state index in [4.69, 9.17) is 9.84 Å². The molecule has 0 bridgehead atoms. The first-order chi connectivity index (χ1) is 12.8. The molecule has 3 heteroatoms. The Hall–Kier alpha value is -1.61. The standard InChI is InChI=1S/C24H38O3/c1-18(2)9-6-10-19(3)11-7-12-20(4)13-8-14-22-15-16-23(27-17-22)21(5)24(25)26/h9,11,13,22-23H,5-8,10,12,14-17H2,1-4H3,(H,25,26)/b19-11+,20-13+/t22-,23-/m1/s1. The van der Waals surface area contributed by atoms with E-state index in [0.29, 0.717) is 12.5 Å². The van der Waals surface area contributed by atoms with Crippen molar-refractivity contribution in [1.29, 1.82) is 0 Å². The van der Waals surface area contributed by atoms with Gasteiger partial charge in [0.1, 0.15) is 0 Å². The molecule has 0 amide bonds. The van der Waals surface area contributed by atoms with Crippen LogP contribution in [0.15, 0.2) is 47.1 Å². The van der Waals surface area contributed by atoms with Crippen LogP contribution in [0.4, 0.5) is 0 Å². The number of carboxylic acid groups (broad SMARTS) is 1. The molecule has 152 valence electrons. The molecule has 0 aromatic rings. The Balaban J connectivity index is 2.21. The van der Waals surface area contributed by atoms with Gasteiger partial charge in [-0.15, -0.1) is 0 Å². The van der Waals surface area contributed by atoms with Crippen LogP contribution in [0.1, 0.15) is 79.1 Å². The summed E-state index contributed by atoms with van der Waals surface area (Å²) >= 11 is 0. The minimum absolute atomic E-state index is 0.188. The summed E-state index contributed by atoms with van der Waals surface area (Å²) in [7, 11) is 0. The highest BCUT2D eigenvalue weighted by atomic mass is 16.5. The maximum Gasteiger partial charge on any atom is 0.333 e. The Morgan fingerprint density at radius 1 is 1.00 bits per heavy atom. The molecular formula is C24H38O3. The molecule has 1 aliphatic heterocycles. The number of hydrogen-bond donors (Lipinski definition) is 1. The lowest BCUT2D eigenvalue weighted by Crippen LogP contribution is -2.29. The molecule has 1 aliphatic rings. The molecule has 0 aromatic heterocycles. The van der Waals surface area contributed by atoms with Crippen LogP contribution in [0.3, 0.4) is 0 Å². The molecule has 1 N–H and O–H groups in total. The van der Waals surface area contributed by atoms with E-state index in [0.717, 1.165) is 51.4 Å². The van der Waals surface area contributed by atoms with Crippen LogP contribution in [-0.2, 0) is 9.53 Å². The third kappa shape index (κ3) is 10.3. The molecular weight excluding hydrogens is 336 g/mol. The lowest BCUT2D eigenvalue weighted by Gasteiger charge is -2.28. The third-order valence-corrected chi connectivity index (χ3v) is 5.22. The molecule has 1 saturated heterocycles. The van der Waals surface area contributed by atoms with Gasteiger partial charge in [0, 0.05) is 0 Å². The summed E-state index contributed by atoms with van der Waals surface area (Å²) in [6.07, 6.45) is 15.3. The highest BCUT2D eigenvalue weighted by Crippen LogP contribution is 2.26. The van der Waals surface area contributed by atoms with Crippen molar-refractivity contribution < 1.29 is 14.6 Å². The summed E-state index contributed by atoms with van der Waals surface area (Å²) in [6, 6.07) is 0. The first-order valence-electron chi connectivity index (χ1n) is 10.3. The van der Waals surface area contributed by atoms with Gasteiger partial charge in [0.15, 0.2) is 0 Å². The quantitative estimate of drug-likeness (QED) is 0.326. The number of aliphatic carboxylic acids is 1. The van der Waals surface area contributed by atoms with Gasteiger partial charge in [-0.25, -0.2) is 4.79 Å². The molecule has 1 heterocycles. The van der Waals surface area contributed by atoms with E-state index in [1.54, 1.807) is 0 Å². The molecule has 1 fully saturated rings. The highest BCUT2D eigenvalue weighted by molar-refractivity contribution is 5.86. The largest absolute Gasteiger partial charge is 0.478 e. The topological polar surface area (TPSA) is 46.5 Å². The van der Waals surface area contributed by atoms with Gasteiger partial charge in [0.25, 0.3) is 0 Å². The minimum Gasteiger partial charge on any atom is -0.478 e. The highest BCUT2D eigenvalue weighted by Gasteiger charge is 2.26. The van der Waals surface area contributed by atoms with Crippen LogP contribution in [0.2, 0.25) is 0 Å². The van der Waals surface area contributed by atoms with Gasteiger partial charge in [0.2, 0.25) is 0 Å². The predicted molar refractivity (Wildman–Crippen MR) is 114 cm³/mol. The smallest absolute Gasteiger partial charge is 0.333 e. The van der Waals surface area contributed by atoms with Gasteiger partial charge >= 0.3 is 5.97 Å².